The number of halogens is 1. The van der Waals surface area contributed by atoms with Gasteiger partial charge in [0.1, 0.15) is 16.0 Å². The topological polar surface area (TPSA) is 39.8 Å². The number of pyridine rings is 1. The lowest BCUT2D eigenvalue weighted by Crippen LogP contribution is -2.04. The van der Waals surface area contributed by atoms with Crippen LogP contribution in [0.15, 0.2) is 6.07 Å². The van der Waals surface area contributed by atoms with Crippen LogP contribution in [0.25, 0.3) is 11.4 Å². The number of aldehydes is 1. The number of hydrogen-bond donors (Lipinski definition) is 0. The maximum absolute atomic E-state index is 11.2. The number of aromatic nitrogens is 3. The molecule has 0 spiro atoms. The van der Waals surface area contributed by atoms with Gasteiger partial charge in [-0.1, -0.05) is 29.9 Å². The molecule has 0 unspecified atom stereocenters. The summed E-state index contributed by atoms with van der Waals surface area (Å²) >= 11 is 11.7. The third-order valence-electron chi connectivity index (χ3n) is 3.35. The largest absolute Gasteiger partial charge is 0.333 e. The van der Waals surface area contributed by atoms with Crippen molar-refractivity contribution in [1.29, 1.82) is 0 Å². The molecule has 0 radical (unpaired) electrons. The summed E-state index contributed by atoms with van der Waals surface area (Å²) in [6.45, 7) is 6.46. The molecule has 6 heteroatoms. The summed E-state index contributed by atoms with van der Waals surface area (Å²) in [4.78, 5) is 11.2. The highest BCUT2D eigenvalue weighted by Crippen LogP contribution is 2.32. The van der Waals surface area contributed by atoms with Crippen molar-refractivity contribution in [3.05, 3.63) is 32.6 Å². The third kappa shape index (κ3) is 2.21. The van der Waals surface area contributed by atoms with Crippen molar-refractivity contribution in [3.63, 3.8) is 0 Å². The Hall–Kier alpha value is -1.46. The molecule has 4 nitrogen and oxygen atoms in total. The SMILES string of the molecule is CCn1nc(-c2c(C)cc(C)c(=S)n2C)c(Cl)c1C=O. The molecule has 2 heterocycles. The first-order chi connectivity index (χ1) is 9.42. The molecular formula is C14H16ClN3OS. The smallest absolute Gasteiger partial charge is 0.169 e. The van der Waals surface area contributed by atoms with Crippen molar-refractivity contribution in [1.82, 2.24) is 14.3 Å². The minimum absolute atomic E-state index is 0.374. The highest BCUT2D eigenvalue weighted by atomic mass is 35.5. The molecular weight excluding hydrogens is 294 g/mol. The zero-order chi connectivity index (χ0) is 15.0. The first-order valence-electron chi connectivity index (χ1n) is 6.31. The van der Waals surface area contributed by atoms with Gasteiger partial charge in [-0.2, -0.15) is 5.10 Å². The van der Waals surface area contributed by atoms with Gasteiger partial charge in [-0.3, -0.25) is 9.48 Å². The van der Waals surface area contributed by atoms with Crippen LogP contribution in [0.3, 0.4) is 0 Å². The second-order valence-corrected chi connectivity index (χ2v) is 5.47. The van der Waals surface area contributed by atoms with Gasteiger partial charge >= 0.3 is 0 Å². The van der Waals surface area contributed by atoms with E-state index in [9.17, 15) is 4.79 Å². The van der Waals surface area contributed by atoms with Crippen molar-refractivity contribution in [3.8, 4) is 11.4 Å². The summed E-state index contributed by atoms with van der Waals surface area (Å²) in [6, 6.07) is 2.01. The van der Waals surface area contributed by atoms with Gasteiger partial charge in [0.15, 0.2) is 6.29 Å². The molecule has 0 aliphatic carbocycles. The van der Waals surface area contributed by atoms with E-state index in [1.165, 1.54) is 0 Å². The molecule has 2 rings (SSSR count). The molecule has 0 amide bonds. The number of carbonyl (C=O) groups is 1. The first kappa shape index (κ1) is 14.9. The average Bonchev–Trinajstić information content (AvgIpc) is 2.73. The number of rotatable bonds is 3. The molecule has 0 bridgehead atoms. The van der Waals surface area contributed by atoms with Gasteiger partial charge in [0.25, 0.3) is 0 Å². The Balaban J connectivity index is 2.82. The first-order valence-corrected chi connectivity index (χ1v) is 7.10. The van der Waals surface area contributed by atoms with E-state index < -0.39 is 0 Å². The second kappa shape index (κ2) is 5.50. The molecule has 0 fully saturated rings. The van der Waals surface area contributed by atoms with E-state index in [1.807, 2.05) is 38.5 Å². The quantitative estimate of drug-likeness (QED) is 0.641. The molecule has 2 aromatic rings. The number of aryl methyl sites for hydroxylation is 3. The third-order valence-corrected chi connectivity index (χ3v) is 4.32. The van der Waals surface area contributed by atoms with Crippen LogP contribution >= 0.6 is 23.8 Å². The van der Waals surface area contributed by atoms with Gasteiger partial charge in [-0.25, -0.2) is 0 Å². The molecule has 106 valence electrons. The van der Waals surface area contributed by atoms with E-state index >= 15 is 0 Å². The lowest BCUT2D eigenvalue weighted by atomic mass is 10.1. The minimum Gasteiger partial charge on any atom is -0.333 e. The van der Waals surface area contributed by atoms with Gasteiger partial charge in [0, 0.05) is 13.6 Å². The Morgan fingerprint density at radius 2 is 2.05 bits per heavy atom. The van der Waals surface area contributed by atoms with Crippen LogP contribution in [0, 0.1) is 18.5 Å². The lowest BCUT2D eigenvalue weighted by Gasteiger charge is -2.12. The molecule has 0 saturated heterocycles. The van der Waals surface area contributed by atoms with Crippen molar-refractivity contribution >= 4 is 30.1 Å². The maximum Gasteiger partial charge on any atom is 0.169 e. The number of nitrogens with zero attached hydrogens (tertiary/aromatic N) is 3. The second-order valence-electron chi connectivity index (χ2n) is 4.70. The highest BCUT2D eigenvalue weighted by molar-refractivity contribution is 7.71. The van der Waals surface area contributed by atoms with Crippen molar-refractivity contribution in [2.75, 3.05) is 0 Å². The normalized spacial score (nSPS) is 10.8. The van der Waals surface area contributed by atoms with Gasteiger partial charge in [0.2, 0.25) is 0 Å². The Bertz CT molecular complexity index is 746. The zero-order valence-electron chi connectivity index (χ0n) is 11.9. The van der Waals surface area contributed by atoms with Crippen LogP contribution in [-0.2, 0) is 13.6 Å². The van der Waals surface area contributed by atoms with Gasteiger partial charge < -0.3 is 4.57 Å². The van der Waals surface area contributed by atoms with Gasteiger partial charge in [0.05, 0.1) is 10.7 Å². The highest BCUT2D eigenvalue weighted by Gasteiger charge is 2.20. The molecule has 0 saturated carbocycles. The van der Waals surface area contributed by atoms with Crippen LogP contribution in [0.1, 0.15) is 28.5 Å². The van der Waals surface area contributed by atoms with Gasteiger partial charge in [-0.05, 0) is 31.9 Å². The summed E-state index contributed by atoms with van der Waals surface area (Å²) in [5.74, 6) is 0. The van der Waals surface area contributed by atoms with E-state index in [0.29, 0.717) is 23.0 Å². The summed E-state index contributed by atoms with van der Waals surface area (Å²) < 4.78 is 4.23. The Morgan fingerprint density at radius 1 is 1.40 bits per heavy atom. The fraction of sp³-hybridized carbons (Fsp3) is 0.357. The molecule has 0 atom stereocenters. The predicted octanol–water partition coefficient (Wildman–Crippen LogP) is 3.72. The summed E-state index contributed by atoms with van der Waals surface area (Å²) in [6.07, 6.45) is 0.737. The molecule has 20 heavy (non-hydrogen) atoms. The maximum atomic E-state index is 11.2. The number of carbonyl (C=O) groups excluding carboxylic acids is 1. The van der Waals surface area contributed by atoms with E-state index in [-0.39, 0.29) is 0 Å². The van der Waals surface area contributed by atoms with Crippen LogP contribution < -0.4 is 0 Å². The van der Waals surface area contributed by atoms with Gasteiger partial charge in [-0.15, -0.1) is 0 Å². The van der Waals surface area contributed by atoms with E-state index in [2.05, 4.69) is 5.10 Å². The Kier molecular flexibility index (Phi) is 4.11. The van der Waals surface area contributed by atoms with E-state index in [4.69, 9.17) is 23.8 Å². The Labute approximate surface area is 128 Å². The molecule has 0 N–H and O–H groups in total. The monoisotopic (exact) mass is 309 g/mol. The van der Waals surface area contributed by atoms with Crippen LogP contribution in [0.2, 0.25) is 5.02 Å². The molecule has 0 aliphatic rings. The molecule has 0 aromatic carbocycles. The number of hydrogen-bond acceptors (Lipinski definition) is 3. The predicted molar refractivity (Wildman–Crippen MR) is 83.0 cm³/mol. The van der Waals surface area contributed by atoms with Crippen molar-refractivity contribution in [2.24, 2.45) is 7.05 Å². The standard InChI is InChI=1S/C14H16ClN3OS/c1-5-18-10(7-19)11(15)12(16-18)13-8(2)6-9(3)14(20)17(13)4/h6-7H,5H2,1-4H3. The van der Waals surface area contributed by atoms with Crippen molar-refractivity contribution in [2.45, 2.75) is 27.3 Å². The summed E-state index contributed by atoms with van der Waals surface area (Å²) in [7, 11) is 1.89. The van der Waals surface area contributed by atoms with Crippen LogP contribution in [0.5, 0.6) is 0 Å². The molecule has 0 aliphatic heterocycles. The Morgan fingerprint density at radius 3 is 2.55 bits per heavy atom. The summed E-state index contributed by atoms with van der Waals surface area (Å²) in [5, 5.41) is 4.82. The summed E-state index contributed by atoms with van der Waals surface area (Å²) in [5.41, 5.74) is 3.90. The van der Waals surface area contributed by atoms with E-state index in [1.54, 1.807) is 4.68 Å². The average molecular weight is 310 g/mol. The fourth-order valence-electron chi connectivity index (χ4n) is 2.39. The van der Waals surface area contributed by atoms with Crippen LogP contribution in [-0.4, -0.2) is 20.6 Å². The minimum atomic E-state index is 0.374. The lowest BCUT2D eigenvalue weighted by molar-refractivity contribution is 0.111. The van der Waals surface area contributed by atoms with Crippen molar-refractivity contribution < 1.29 is 4.79 Å². The molecule has 2 aromatic heterocycles. The zero-order valence-corrected chi connectivity index (χ0v) is 13.5. The van der Waals surface area contributed by atoms with E-state index in [0.717, 1.165) is 27.7 Å². The fourth-order valence-corrected chi connectivity index (χ4v) is 2.81. The van der Waals surface area contributed by atoms with Crippen LogP contribution in [0.4, 0.5) is 0 Å².